The van der Waals surface area contributed by atoms with Gasteiger partial charge in [0.15, 0.2) is 0 Å². The predicted molar refractivity (Wildman–Crippen MR) is 77.0 cm³/mol. The number of ether oxygens (including phenoxy) is 1. The van der Waals surface area contributed by atoms with E-state index >= 15 is 0 Å². The van der Waals surface area contributed by atoms with E-state index in [0.29, 0.717) is 6.61 Å². The van der Waals surface area contributed by atoms with Crippen molar-refractivity contribution in [1.29, 1.82) is 0 Å². The summed E-state index contributed by atoms with van der Waals surface area (Å²) in [6, 6.07) is 10.2. The normalized spacial score (nSPS) is 10.2. The summed E-state index contributed by atoms with van der Waals surface area (Å²) in [7, 11) is 0. The number of hydrogen-bond acceptors (Lipinski definition) is 3. The smallest absolute Gasteiger partial charge is 0.119 e. The molecule has 0 amide bonds. The molecular weight excluding hydrogens is 298 g/mol. The molecule has 2 aromatic rings. The van der Waals surface area contributed by atoms with Crippen LogP contribution in [0.1, 0.15) is 12.5 Å². The summed E-state index contributed by atoms with van der Waals surface area (Å²) in [5.41, 5.74) is 2.39. The minimum absolute atomic E-state index is 0.704. The van der Waals surface area contributed by atoms with Crippen molar-refractivity contribution in [3.63, 3.8) is 0 Å². The maximum absolute atomic E-state index is 5.39. The fourth-order valence-corrected chi connectivity index (χ4v) is 2.69. The Morgan fingerprint density at radius 2 is 2.06 bits per heavy atom. The molecule has 1 aromatic heterocycles. The Morgan fingerprint density at radius 1 is 1.29 bits per heavy atom. The molecule has 0 spiro atoms. The third kappa shape index (κ3) is 3.75. The lowest BCUT2D eigenvalue weighted by Crippen LogP contribution is -1.98. The molecule has 0 radical (unpaired) electrons. The number of hydrogen-bond donors (Lipinski definition) is 1. The molecule has 0 aliphatic heterocycles. The highest BCUT2D eigenvalue weighted by Gasteiger charge is 1.98. The lowest BCUT2D eigenvalue weighted by molar-refractivity contribution is 0.340. The van der Waals surface area contributed by atoms with E-state index in [2.05, 4.69) is 32.7 Å². The highest BCUT2D eigenvalue weighted by Crippen LogP contribution is 2.22. The van der Waals surface area contributed by atoms with Gasteiger partial charge < -0.3 is 10.1 Å². The Kier molecular flexibility index (Phi) is 4.45. The monoisotopic (exact) mass is 311 g/mol. The molecule has 0 saturated heterocycles. The first kappa shape index (κ1) is 12.5. The van der Waals surface area contributed by atoms with Crippen molar-refractivity contribution in [2.45, 2.75) is 13.5 Å². The molecule has 17 heavy (non-hydrogen) atoms. The predicted octanol–water partition coefficient (Wildman–Crippen LogP) is 4.52. The topological polar surface area (TPSA) is 21.3 Å². The van der Waals surface area contributed by atoms with Gasteiger partial charge in [-0.3, -0.25) is 0 Å². The van der Waals surface area contributed by atoms with E-state index < -0.39 is 0 Å². The van der Waals surface area contributed by atoms with Gasteiger partial charge in [-0.15, -0.1) is 11.3 Å². The van der Waals surface area contributed by atoms with Crippen molar-refractivity contribution < 1.29 is 4.74 Å². The van der Waals surface area contributed by atoms with Gasteiger partial charge in [0.2, 0.25) is 0 Å². The van der Waals surface area contributed by atoms with Crippen molar-refractivity contribution in [3.05, 3.63) is 45.1 Å². The van der Waals surface area contributed by atoms with E-state index in [1.54, 1.807) is 11.3 Å². The number of anilines is 1. The minimum atomic E-state index is 0.704. The molecule has 0 saturated carbocycles. The standard InChI is InChI=1S/C13H14BrNOS/c1-2-16-12-5-3-11(4-6-12)15-8-10-7-13(14)17-9-10/h3-7,9,15H,2,8H2,1H3. The molecule has 0 aliphatic rings. The fraction of sp³-hybridized carbons (Fsp3) is 0.231. The van der Waals surface area contributed by atoms with E-state index in [1.807, 2.05) is 31.2 Å². The zero-order chi connectivity index (χ0) is 12.1. The number of benzene rings is 1. The van der Waals surface area contributed by atoms with Gasteiger partial charge in [0.05, 0.1) is 10.4 Å². The molecule has 0 bridgehead atoms. The number of thiophene rings is 1. The molecule has 0 atom stereocenters. The SMILES string of the molecule is CCOc1ccc(NCc2csc(Br)c2)cc1. The average Bonchev–Trinajstić information content (AvgIpc) is 2.75. The molecule has 4 heteroatoms. The van der Waals surface area contributed by atoms with Crippen LogP contribution in [0.4, 0.5) is 5.69 Å². The Morgan fingerprint density at radius 3 is 2.65 bits per heavy atom. The molecular formula is C13H14BrNOS. The minimum Gasteiger partial charge on any atom is -0.494 e. The van der Waals surface area contributed by atoms with Gasteiger partial charge in [0, 0.05) is 12.2 Å². The maximum Gasteiger partial charge on any atom is 0.119 e. The van der Waals surface area contributed by atoms with Crippen molar-refractivity contribution >= 4 is 33.0 Å². The summed E-state index contributed by atoms with van der Waals surface area (Å²) >= 11 is 5.16. The lowest BCUT2D eigenvalue weighted by Gasteiger charge is -2.07. The summed E-state index contributed by atoms with van der Waals surface area (Å²) in [5, 5.41) is 5.52. The second-order valence-corrected chi connectivity index (χ2v) is 5.86. The van der Waals surface area contributed by atoms with Crippen LogP contribution in [0.25, 0.3) is 0 Å². The first-order valence-electron chi connectivity index (χ1n) is 5.47. The Labute approximate surface area is 114 Å². The van der Waals surface area contributed by atoms with E-state index in [0.717, 1.165) is 18.0 Å². The van der Waals surface area contributed by atoms with E-state index in [1.165, 1.54) is 9.35 Å². The summed E-state index contributed by atoms with van der Waals surface area (Å²) in [4.78, 5) is 0. The molecule has 1 aromatic carbocycles. The van der Waals surface area contributed by atoms with Crippen molar-refractivity contribution in [2.24, 2.45) is 0 Å². The van der Waals surface area contributed by atoms with E-state index in [-0.39, 0.29) is 0 Å². The van der Waals surface area contributed by atoms with Crippen molar-refractivity contribution in [2.75, 3.05) is 11.9 Å². The summed E-state index contributed by atoms with van der Waals surface area (Å²) in [6.45, 7) is 3.53. The first-order valence-corrected chi connectivity index (χ1v) is 7.15. The molecule has 90 valence electrons. The summed E-state index contributed by atoms with van der Waals surface area (Å²) < 4.78 is 6.56. The van der Waals surface area contributed by atoms with Crippen LogP contribution in [0, 0.1) is 0 Å². The van der Waals surface area contributed by atoms with Crippen LogP contribution in [-0.4, -0.2) is 6.61 Å². The van der Waals surface area contributed by atoms with Crippen molar-refractivity contribution in [3.8, 4) is 5.75 Å². The molecule has 2 rings (SSSR count). The van der Waals surface area contributed by atoms with E-state index in [4.69, 9.17) is 4.74 Å². The van der Waals surface area contributed by atoms with Gasteiger partial charge in [-0.05, 0) is 64.1 Å². The second kappa shape index (κ2) is 6.07. The highest BCUT2D eigenvalue weighted by molar-refractivity contribution is 9.11. The van der Waals surface area contributed by atoms with Crippen LogP contribution in [0.15, 0.2) is 39.5 Å². The summed E-state index contributed by atoms with van der Waals surface area (Å²) in [5.74, 6) is 0.913. The molecule has 0 fully saturated rings. The number of rotatable bonds is 5. The maximum atomic E-state index is 5.39. The van der Waals surface area contributed by atoms with Crippen LogP contribution < -0.4 is 10.1 Å². The van der Waals surface area contributed by atoms with Gasteiger partial charge in [-0.1, -0.05) is 0 Å². The Bertz CT molecular complexity index is 467. The zero-order valence-electron chi connectivity index (χ0n) is 9.57. The third-order valence-corrected chi connectivity index (χ3v) is 3.84. The van der Waals surface area contributed by atoms with Crippen LogP contribution >= 0.6 is 27.3 Å². The third-order valence-electron chi connectivity index (χ3n) is 2.28. The van der Waals surface area contributed by atoms with Gasteiger partial charge in [-0.25, -0.2) is 0 Å². The Balaban J connectivity index is 1.90. The average molecular weight is 312 g/mol. The van der Waals surface area contributed by atoms with E-state index in [9.17, 15) is 0 Å². The summed E-state index contributed by atoms with van der Waals surface area (Å²) in [6.07, 6.45) is 0. The Hall–Kier alpha value is -1.00. The molecule has 1 N–H and O–H groups in total. The zero-order valence-corrected chi connectivity index (χ0v) is 12.0. The van der Waals surface area contributed by atoms with Crippen LogP contribution in [0.3, 0.4) is 0 Å². The molecule has 1 heterocycles. The van der Waals surface area contributed by atoms with Gasteiger partial charge >= 0.3 is 0 Å². The van der Waals surface area contributed by atoms with Gasteiger partial charge in [0.1, 0.15) is 5.75 Å². The molecule has 0 unspecified atom stereocenters. The highest BCUT2D eigenvalue weighted by atomic mass is 79.9. The number of halogens is 1. The van der Waals surface area contributed by atoms with Crippen LogP contribution in [0.5, 0.6) is 5.75 Å². The largest absolute Gasteiger partial charge is 0.494 e. The van der Waals surface area contributed by atoms with Gasteiger partial charge in [0.25, 0.3) is 0 Å². The fourth-order valence-electron chi connectivity index (χ4n) is 1.48. The molecule has 2 nitrogen and oxygen atoms in total. The second-order valence-electron chi connectivity index (χ2n) is 3.57. The molecule has 0 aliphatic carbocycles. The van der Waals surface area contributed by atoms with Crippen LogP contribution in [0.2, 0.25) is 0 Å². The van der Waals surface area contributed by atoms with Crippen molar-refractivity contribution in [1.82, 2.24) is 0 Å². The quantitative estimate of drug-likeness (QED) is 0.876. The number of nitrogens with one attached hydrogen (secondary N) is 1. The lowest BCUT2D eigenvalue weighted by atomic mass is 10.3. The van der Waals surface area contributed by atoms with Crippen LogP contribution in [-0.2, 0) is 6.54 Å². The van der Waals surface area contributed by atoms with Gasteiger partial charge in [-0.2, -0.15) is 0 Å². The first-order chi connectivity index (χ1) is 8.28.